The van der Waals surface area contributed by atoms with Crippen LogP contribution in [0.5, 0.6) is 0 Å². The monoisotopic (exact) mass is 514 g/mol. The van der Waals surface area contributed by atoms with Crippen LogP contribution in [0.2, 0.25) is 11.8 Å². The van der Waals surface area contributed by atoms with Crippen LogP contribution in [0, 0.1) is 5.92 Å². The Morgan fingerprint density at radius 2 is 2.05 bits per heavy atom. The molecule has 1 N–H and O–H groups in total. The van der Waals surface area contributed by atoms with Crippen LogP contribution in [0.25, 0.3) is 11.0 Å². The van der Waals surface area contributed by atoms with Gasteiger partial charge in [0.25, 0.3) is 0 Å². The number of aliphatic imine (C=N–C) groups is 1. The molecule has 195 valence electrons. The zero-order valence-corrected chi connectivity index (χ0v) is 24.0. The van der Waals surface area contributed by atoms with Crippen molar-refractivity contribution in [1.29, 1.82) is 0 Å². The number of hydrogen-bond acceptors (Lipinski definition) is 3. The molecule has 1 saturated heterocycles. The third kappa shape index (κ3) is 8.54. The SMILES string of the molecule is C=C/C=C(\C=C1\CCC(CN/C(=C\N=C)C/C=C(/C=C)C(C)C)N1C)c1cc(Cl)ccc1/C([B]C)=C\C. The minimum atomic E-state index is 0.381. The van der Waals surface area contributed by atoms with Crippen molar-refractivity contribution in [3.8, 4) is 0 Å². The van der Waals surface area contributed by atoms with Crippen molar-refractivity contribution in [2.45, 2.75) is 52.9 Å². The van der Waals surface area contributed by atoms with Crippen LogP contribution in [-0.2, 0) is 0 Å². The van der Waals surface area contributed by atoms with Crippen LogP contribution in [0.3, 0.4) is 0 Å². The lowest BCUT2D eigenvalue weighted by Crippen LogP contribution is -2.34. The van der Waals surface area contributed by atoms with E-state index in [1.165, 1.54) is 22.3 Å². The molecule has 1 aromatic rings. The summed E-state index contributed by atoms with van der Waals surface area (Å²) in [5, 5.41) is 4.33. The summed E-state index contributed by atoms with van der Waals surface area (Å²) in [6.45, 7) is 20.9. The first-order valence-electron chi connectivity index (χ1n) is 13.0. The van der Waals surface area contributed by atoms with Gasteiger partial charge in [0.15, 0.2) is 0 Å². The summed E-state index contributed by atoms with van der Waals surface area (Å²) in [5.74, 6) is 0.445. The maximum Gasteiger partial charge on any atom is 0.148 e. The summed E-state index contributed by atoms with van der Waals surface area (Å²) in [6.07, 6.45) is 17.2. The Labute approximate surface area is 231 Å². The minimum absolute atomic E-state index is 0.381. The molecule has 1 heterocycles. The molecule has 1 unspecified atom stereocenters. The number of allylic oxidation sites excluding steroid dienone is 9. The van der Waals surface area contributed by atoms with Crippen molar-refractivity contribution in [1.82, 2.24) is 10.2 Å². The highest BCUT2D eigenvalue weighted by molar-refractivity contribution is 6.59. The highest BCUT2D eigenvalue weighted by Crippen LogP contribution is 2.33. The first-order valence-corrected chi connectivity index (χ1v) is 13.4. The second-order valence-corrected chi connectivity index (χ2v) is 9.94. The zero-order chi connectivity index (χ0) is 27.4. The Kier molecular flexibility index (Phi) is 12.5. The van der Waals surface area contributed by atoms with E-state index >= 15 is 0 Å². The van der Waals surface area contributed by atoms with E-state index in [1.54, 1.807) is 0 Å². The third-order valence-electron chi connectivity index (χ3n) is 6.85. The van der Waals surface area contributed by atoms with E-state index in [-0.39, 0.29) is 0 Å². The predicted molar refractivity (Wildman–Crippen MR) is 167 cm³/mol. The molecule has 3 nitrogen and oxygen atoms in total. The maximum absolute atomic E-state index is 6.44. The molecule has 0 amide bonds. The van der Waals surface area contributed by atoms with Gasteiger partial charge in [-0.05, 0) is 72.9 Å². The highest BCUT2D eigenvalue weighted by atomic mass is 35.5. The molecule has 1 radical (unpaired) electrons. The van der Waals surface area contributed by atoms with Gasteiger partial charge in [0.05, 0.1) is 0 Å². The van der Waals surface area contributed by atoms with Gasteiger partial charge in [-0.3, -0.25) is 4.99 Å². The number of nitrogens with one attached hydrogen (secondary N) is 1. The molecule has 0 aliphatic carbocycles. The van der Waals surface area contributed by atoms with E-state index < -0.39 is 0 Å². The molecule has 1 aliphatic heterocycles. The molecule has 1 aromatic carbocycles. The Balaban J connectivity index is 2.25. The van der Waals surface area contributed by atoms with Gasteiger partial charge < -0.3 is 10.2 Å². The molecule has 0 aromatic heterocycles. The van der Waals surface area contributed by atoms with Crippen molar-refractivity contribution in [3.63, 3.8) is 0 Å². The smallest absolute Gasteiger partial charge is 0.148 e. The number of halogens is 1. The Hall–Kier alpha value is -2.98. The Bertz CT molecular complexity index is 1120. The van der Waals surface area contributed by atoms with Gasteiger partial charge >= 0.3 is 0 Å². The first-order chi connectivity index (χ1) is 17.8. The fraction of sp³-hybridized carbons (Fsp3) is 0.344. The zero-order valence-electron chi connectivity index (χ0n) is 23.2. The number of likely N-dealkylation sites (tertiary alicyclic amines) is 1. The molecular weight excluding hydrogens is 473 g/mol. The molecule has 0 spiro atoms. The second kappa shape index (κ2) is 15.3. The van der Waals surface area contributed by atoms with Gasteiger partial charge in [0.2, 0.25) is 0 Å². The van der Waals surface area contributed by atoms with Gasteiger partial charge in [0, 0.05) is 48.7 Å². The summed E-state index contributed by atoms with van der Waals surface area (Å²) in [7, 11) is 4.31. The van der Waals surface area contributed by atoms with Crippen LogP contribution in [0.15, 0.2) is 96.0 Å². The van der Waals surface area contributed by atoms with Gasteiger partial charge in [-0.2, -0.15) is 0 Å². The van der Waals surface area contributed by atoms with Crippen molar-refractivity contribution < 1.29 is 0 Å². The molecule has 2 rings (SSSR count). The topological polar surface area (TPSA) is 27.6 Å². The van der Waals surface area contributed by atoms with Crippen LogP contribution in [0.4, 0.5) is 0 Å². The number of likely N-dealkylation sites (N-methyl/N-ethyl adjacent to an activating group) is 1. The van der Waals surface area contributed by atoms with Gasteiger partial charge in [-0.1, -0.05) is 87.3 Å². The van der Waals surface area contributed by atoms with E-state index in [4.69, 9.17) is 11.6 Å². The molecule has 1 fully saturated rings. The molecule has 5 heteroatoms. The van der Waals surface area contributed by atoms with Crippen LogP contribution < -0.4 is 5.32 Å². The fourth-order valence-electron chi connectivity index (χ4n) is 4.65. The summed E-state index contributed by atoms with van der Waals surface area (Å²) in [5.41, 5.74) is 8.17. The van der Waals surface area contributed by atoms with E-state index in [2.05, 4.69) is 107 Å². The van der Waals surface area contributed by atoms with Crippen molar-refractivity contribution in [2.24, 2.45) is 10.9 Å². The van der Waals surface area contributed by atoms with E-state index in [1.807, 2.05) is 30.5 Å². The van der Waals surface area contributed by atoms with E-state index in [0.29, 0.717) is 12.0 Å². The van der Waals surface area contributed by atoms with Gasteiger partial charge in [-0.15, -0.1) is 0 Å². The molecule has 0 bridgehead atoms. The quantitative estimate of drug-likeness (QED) is 0.163. The second-order valence-electron chi connectivity index (χ2n) is 9.50. The summed E-state index contributed by atoms with van der Waals surface area (Å²) in [4.78, 5) is 6.40. The van der Waals surface area contributed by atoms with Crippen molar-refractivity contribution >= 4 is 36.6 Å². The molecule has 37 heavy (non-hydrogen) atoms. The van der Waals surface area contributed by atoms with Crippen molar-refractivity contribution in [2.75, 3.05) is 13.6 Å². The van der Waals surface area contributed by atoms with E-state index in [0.717, 1.165) is 47.7 Å². The third-order valence-corrected chi connectivity index (χ3v) is 7.09. The first kappa shape index (κ1) is 30.3. The number of benzene rings is 1. The largest absolute Gasteiger partial charge is 0.385 e. The van der Waals surface area contributed by atoms with Crippen LogP contribution in [0.1, 0.15) is 51.2 Å². The lowest BCUT2D eigenvalue weighted by molar-refractivity contribution is 0.344. The highest BCUT2D eigenvalue weighted by Gasteiger charge is 2.25. The molecular formula is C32H42BClN3. The van der Waals surface area contributed by atoms with Crippen molar-refractivity contribution in [3.05, 3.63) is 107 Å². The molecule has 1 atom stereocenters. The molecule has 1 aliphatic rings. The Morgan fingerprint density at radius 3 is 2.65 bits per heavy atom. The Morgan fingerprint density at radius 1 is 1.30 bits per heavy atom. The normalized spacial score (nSPS) is 18.4. The number of rotatable bonds is 13. The summed E-state index contributed by atoms with van der Waals surface area (Å²) < 4.78 is 0. The van der Waals surface area contributed by atoms with Gasteiger partial charge in [-0.25, -0.2) is 0 Å². The summed E-state index contributed by atoms with van der Waals surface area (Å²) in [6, 6.07) is 6.48. The lowest BCUT2D eigenvalue weighted by atomic mass is 9.67. The van der Waals surface area contributed by atoms with E-state index in [9.17, 15) is 0 Å². The van der Waals surface area contributed by atoms with Gasteiger partial charge in [0.1, 0.15) is 7.28 Å². The average Bonchev–Trinajstić information content (AvgIpc) is 3.22. The number of nitrogens with zero attached hydrogens (tertiary/aromatic N) is 2. The average molecular weight is 515 g/mol. The minimum Gasteiger partial charge on any atom is -0.385 e. The standard InChI is InChI=1S/C32H42BClN3/c1-9-12-25(31-20-26(34)14-18-30(31)32(11-3)33-6)19-28-16-17-29(37(28)8)22-36-27(21-35-7)15-13-24(10-2)23(4)5/h9-14,18-21,23,29,36H,1-2,7,15-17,22H2,3-6,8H3/b24-13-,25-12+,27-21-,28-19-,32-11+. The maximum atomic E-state index is 6.44. The van der Waals surface area contributed by atoms with Crippen LogP contribution >= 0.6 is 11.6 Å². The summed E-state index contributed by atoms with van der Waals surface area (Å²) >= 11 is 6.44. The number of hydrogen-bond donors (Lipinski definition) is 1. The fourth-order valence-corrected chi connectivity index (χ4v) is 4.82. The predicted octanol–water partition coefficient (Wildman–Crippen LogP) is 8.29. The lowest BCUT2D eigenvalue weighted by Gasteiger charge is -2.25. The molecule has 0 saturated carbocycles. The van der Waals surface area contributed by atoms with Crippen LogP contribution in [-0.4, -0.2) is 38.5 Å².